The molecule has 0 saturated carbocycles. The minimum atomic E-state index is -0.803. The largest absolute Gasteiger partial charge is 0.481 e. The lowest BCUT2D eigenvalue weighted by atomic mass is 9.77. The Kier molecular flexibility index (Phi) is 4.51. The van der Waals surface area contributed by atoms with Gasteiger partial charge in [0.25, 0.3) is 0 Å². The van der Waals surface area contributed by atoms with Crippen LogP contribution in [0.1, 0.15) is 39.5 Å². The summed E-state index contributed by atoms with van der Waals surface area (Å²) >= 11 is 0. The maximum atomic E-state index is 12.0. The van der Waals surface area contributed by atoms with Gasteiger partial charge < -0.3 is 15.7 Å². The van der Waals surface area contributed by atoms with E-state index in [2.05, 4.69) is 0 Å². The Balaban J connectivity index is 2.78. The van der Waals surface area contributed by atoms with E-state index in [0.717, 1.165) is 6.42 Å². The highest BCUT2D eigenvalue weighted by atomic mass is 16.4. The monoisotopic (exact) mass is 242 g/mol. The van der Waals surface area contributed by atoms with Crippen molar-refractivity contribution in [3.8, 4) is 0 Å². The maximum Gasteiger partial charge on any atom is 0.311 e. The van der Waals surface area contributed by atoms with E-state index in [4.69, 9.17) is 5.73 Å². The van der Waals surface area contributed by atoms with Crippen molar-refractivity contribution in [2.75, 3.05) is 13.1 Å². The minimum Gasteiger partial charge on any atom is -0.481 e. The summed E-state index contributed by atoms with van der Waals surface area (Å²) < 4.78 is 0. The van der Waals surface area contributed by atoms with Crippen molar-refractivity contribution in [1.82, 2.24) is 4.90 Å². The molecule has 0 aromatic heterocycles. The number of likely N-dealkylation sites (tertiary alicyclic amines) is 1. The molecule has 3 N–H and O–H groups in total. The summed E-state index contributed by atoms with van der Waals surface area (Å²) in [5, 5.41) is 9.31. The number of nitrogens with two attached hydrogens (primary N) is 1. The quantitative estimate of drug-likeness (QED) is 0.764. The van der Waals surface area contributed by atoms with E-state index in [9.17, 15) is 14.7 Å². The molecule has 0 aromatic carbocycles. The van der Waals surface area contributed by atoms with Crippen molar-refractivity contribution < 1.29 is 14.7 Å². The zero-order valence-corrected chi connectivity index (χ0v) is 10.6. The van der Waals surface area contributed by atoms with Crippen LogP contribution >= 0.6 is 0 Å². The van der Waals surface area contributed by atoms with Gasteiger partial charge in [0.2, 0.25) is 5.91 Å². The van der Waals surface area contributed by atoms with Crippen LogP contribution in [-0.4, -0.2) is 41.0 Å². The second-order valence-electron chi connectivity index (χ2n) is 4.82. The molecule has 5 heteroatoms. The molecule has 98 valence electrons. The zero-order valence-electron chi connectivity index (χ0n) is 10.6. The van der Waals surface area contributed by atoms with Crippen molar-refractivity contribution in [1.29, 1.82) is 0 Å². The average molecular weight is 242 g/mol. The summed E-state index contributed by atoms with van der Waals surface area (Å²) in [6.45, 7) is 4.64. The Labute approximate surface area is 102 Å². The zero-order chi connectivity index (χ0) is 13.1. The number of rotatable bonds is 4. The molecule has 0 spiro atoms. The number of hydrogen-bond donors (Lipinski definition) is 2. The summed E-state index contributed by atoms with van der Waals surface area (Å²) in [6.07, 6.45) is 2.52. The molecule has 0 bridgehead atoms. The Morgan fingerprint density at radius 3 is 2.59 bits per heavy atom. The molecule has 1 heterocycles. The van der Waals surface area contributed by atoms with Crippen LogP contribution in [0.2, 0.25) is 0 Å². The molecular weight excluding hydrogens is 220 g/mol. The molecule has 1 saturated heterocycles. The van der Waals surface area contributed by atoms with E-state index >= 15 is 0 Å². The summed E-state index contributed by atoms with van der Waals surface area (Å²) in [5.41, 5.74) is 4.94. The molecular formula is C12H22N2O3. The van der Waals surface area contributed by atoms with E-state index in [1.807, 2.05) is 13.8 Å². The highest BCUT2D eigenvalue weighted by Crippen LogP contribution is 2.33. The van der Waals surface area contributed by atoms with Gasteiger partial charge in [0.1, 0.15) is 0 Å². The molecule has 2 atom stereocenters. The van der Waals surface area contributed by atoms with E-state index in [0.29, 0.717) is 32.4 Å². The lowest BCUT2D eigenvalue weighted by Gasteiger charge is -2.40. The molecule has 1 unspecified atom stereocenters. The summed E-state index contributed by atoms with van der Waals surface area (Å²) in [7, 11) is 0. The predicted molar refractivity (Wildman–Crippen MR) is 64.4 cm³/mol. The fourth-order valence-corrected chi connectivity index (χ4v) is 2.34. The van der Waals surface area contributed by atoms with E-state index < -0.39 is 17.4 Å². The van der Waals surface area contributed by atoms with Gasteiger partial charge in [0.15, 0.2) is 0 Å². The first-order chi connectivity index (χ1) is 7.96. The first-order valence-corrected chi connectivity index (χ1v) is 6.24. The van der Waals surface area contributed by atoms with Crippen LogP contribution in [0.25, 0.3) is 0 Å². The van der Waals surface area contributed by atoms with E-state index in [1.165, 1.54) is 0 Å². The molecule has 0 aliphatic carbocycles. The average Bonchev–Trinajstić information content (AvgIpc) is 2.36. The molecule has 5 nitrogen and oxygen atoms in total. The molecule has 17 heavy (non-hydrogen) atoms. The minimum absolute atomic E-state index is 0.119. The van der Waals surface area contributed by atoms with Crippen LogP contribution in [-0.2, 0) is 9.59 Å². The molecule has 0 radical (unpaired) electrons. The fraction of sp³-hybridized carbons (Fsp3) is 0.833. The van der Waals surface area contributed by atoms with Crippen LogP contribution in [0.4, 0.5) is 0 Å². The normalized spacial score (nSPS) is 26.6. The van der Waals surface area contributed by atoms with Crippen LogP contribution in [0.3, 0.4) is 0 Å². The van der Waals surface area contributed by atoms with Gasteiger partial charge >= 0.3 is 5.97 Å². The fourth-order valence-electron chi connectivity index (χ4n) is 2.34. The van der Waals surface area contributed by atoms with Gasteiger partial charge in [-0.1, -0.05) is 13.8 Å². The number of aliphatic carboxylic acids is 1. The topological polar surface area (TPSA) is 83.6 Å². The molecule has 1 aliphatic heterocycles. The third-order valence-electron chi connectivity index (χ3n) is 3.78. The summed E-state index contributed by atoms with van der Waals surface area (Å²) in [4.78, 5) is 24.9. The van der Waals surface area contributed by atoms with Gasteiger partial charge in [-0.15, -0.1) is 0 Å². The van der Waals surface area contributed by atoms with Gasteiger partial charge in [0.05, 0.1) is 11.5 Å². The molecule has 0 aromatic rings. The summed E-state index contributed by atoms with van der Waals surface area (Å²) in [6, 6.07) is -0.503. The number of carboxylic acid groups (broad SMARTS) is 1. The third kappa shape index (κ3) is 2.77. The molecule has 1 amide bonds. The van der Waals surface area contributed by atoms with Gasteiger partial charge in [0, 0.05) is 13.1 Å². The van der Waals surface area contributed by atoms with Gasteiger partial charge in [-0.2, -0.15) is 0 Å². The Hall–Kier alpha value is -1.10. The van der Waals surface area contributed by atoms with Crippen molar-refractivity contribution in [3.05, 3.63) is 0 Å². The molecule has 1 fully saturated rings. The Morgan fingerprint density at radius 2 is 2.12 bits per heavy atom. The number of carboxylic acids is 1. The van der Waals surface area contributed by atoms with Crippen molar-refractivity contribution in [2.45, 2.75) is 45.6 Å². The predicted octanol–water partition coefficient (Wildman–Crippen LogP) is 0.827. The number of amides is 1. The van der Waals surface area contributed by atoms with Crippen molar-refractivity contribution in [3.63, 3.8) is 0 Å². The molecule has 1 rings (SSSR count). The maximum absolute atomic E-state index is 12.0. The number of nitrogens with zero attached hydrogens (tertiary/aromatic N) is 1. The smallest absolute Gasteiger partial charge is 0.311 e. The van der Waals surface area contributed by atoms with Gasteiger partial charge in [-0.3, -0.25) is 9.59 Å². The highest BCUT2D eigenvalue weighted by molar-refractivity contribution is 5.83. The second kappa shape index (κ2) is 5.49. The second-order valence-corrected chi connectivity index (χ2v) is 4.82. The van der Waals surface area contributed by atoms with Crippen LogP contribution in [0.15, 0.2) is 0 Å². The van der Waals surface area contributed by atoms with Gasteiger partial charge in [-0.05, 0) is 25.7 Å². The van der Waals surface area contributed by atoms with Crippen LogP contribution in [0.5, 0.6) is 0 Å². The number of carbonyl (C=O) groups is 2. The SMILES string of the molecule is CC[C@@H](N)C(=O)N1CCCC(CC)(C(=O)O)C1. The highest BCUT2D eigenvalue weighted by Gasteiger charge is 2.42. The standard InChI is InChI=1S/C12H22N2O3/c1-3-9(13)10(15)14-7-5-6-12(4-2,8-14)11(16)17/h9H,3-8,13H2,1-2H3,(H,16,17)/t9-,12?/m1/s1. The van der Waals surface area contributed by atoms with E-state index in [-0.39, 0.29) is 5.91 Å². The van der Waals surface area contributed by atoms with Crippen LogP contribution in [0, 0.1) is 5.41 Å². The number of piperidine rings is 1. The Morgan fingerprint density at radius 1 is 1.47 bits per heavy atom. The molecule has 1 aliphatic rings. The summed E-state index contributed by atoms with van der Waals surface area (Å²) in [5.74, 6) is -0.922. The van der Waals surface area contributed by atoms with Crippen molar-refractivity contribution >= 4 is 11.9 Å². The Bertz CT molecular complexity index is 306. The number of hydrogen-bond acceptors (Lipinski definition) is 3. The lowest BCUT2D eigenvalue weighted by Crippen LogP contribution is -2.53. The number of carbonyl (C=O) groups excluding carboxylic acids is 1. The van der Waals surface area contributed by atoms with E-state index in [1.54, 1.807) is 4.90 Å². The van der Waals surface area contributed by atoms with Crippen molar-refractivity contribution in [2.24, 2.45) is 11.1 Å². The first-order valence-electron chi connectivity index (χ1n) is 6.24. The third-order valence-corrected chi connectivity index (χ3v) is 3.78. The lowest BCUT2D eigenvalue weighted by molar-refractivity contribution is -0.155. The van der Waals surface area contributed by atoms with Crippen LogP contribution < -0.4 is 5.73 Å². The van der Waals surface area contributed by atoms with Gasteiger partial charge in [-0.25, -0.2) is 0 Å². The first kappa shape index (κ1) is 14.0.